The molecule has 0 aliphatic carbocycles. The standard InChI is InChI=1S/C20H20N4/c1-13-14(2)22-19-11-7-8-12-20(19)24-16(4)15(3)23-18-10-6-5-9-17(18)21-13/h5-12H,1-4H3. The van der Waals surface area contributed by atoms with Gasteiger partial charge in [0.15, 0.2) is 0 Å². The van der Waals surface area contributed by atoms with Gasteiger partial charge < -0.3 is 0 Å². The summed E-state index contributed by atoms with van der Waals surface area (Å²) in [5.41, 5.74) is 3.47. The van der Waals surface area contributed by atoms with Crippen LogP contribution in [0.3, 0.4) is 0 Å². The zero-order valence-corrected chi connectivity index (χ0v) is 14.4. The Balaban J connectivity index is 2.48. The van der Waals surface area contributed by atoms with Crippen molar-refractivity contribution in [2.75, 3.05) is 0 Å². The average Bonchev–Trinajstić information content (AvgIpc) is 2.57. The topological polar surface area (TPSA) is 49.4 Å². The van der Waals surface area contributed by atoms with Crippen LogP contribution in [0.1, 0.15) is 27.7 Å². The van der Waals surface area contributed by atoms with Crippen molar-refractivity contribution in [3.63, 3.8) is 0 Å². The Hall–Kier alpha value is -2.88. The van der Waals surface area contributed by atoms with Crippen LogP contribution >= 0.6 is 0 Å². The second-order valence-electron chi connectivity index (χ2n) is 5.77. The van der Waals surface area contributed by atoms with E-state index in [1.54, 1.807) is 0 Å². The highest BCUT2D eigenvalue weighted by molar-refractivity contribution is 5.16. The van der Waals surface area contributed by atoms with Crippen molar-refractivity contribution < 1.29 is 0 Å². The highest BCUT2D eigenvalue weighted by Crippen LogP contribution is 2.06. The lowest BCUT2D eigenvalue weighted by atomic mass is 10.3. The Bertz CT molecular complexity index is 913. The van der Waals surface area contributed by atoms with Gasteiger partial charge in [0.2, 0.25) is 0 Å². The minimum absolute atomic E-state index is 0.838. The van der Waals surface area contributed by atoms with Gasteiger partial charge in [0.1, 0.15) is 0 Å². The van der Waals surface area contributed by atoms with Gasteiger partial charge >= 0.3 is 0 Å². The van der Waals surface area contributed by atoms with Gasteiger partial charge in [-0.2, -0.15) is 0 Å². The molecule has 4 nitrogen and oxygen atoms in total. The van der Waals surface area contributed by atoms with Crippen LogP contribution in [0.2, 0.25) is 0 Å². The van der Waals surface area contributed by atoms with Crippen molar-refractivity contribution in [1.29, 1.82) is 0 Å². The van der Waals surface area contributed by atoms with E-state index >= 15 is 0 Å². The molecule has 0 radical (unpaired) electrons. The van der Waals surface area contributed by atoms with Crippen LogP contribution in [0.4, 0.5) is 0 Å². The van der Waals surface area contributed by atoms with Crippen LogP contribution in [0.25, 0.3) is 0 Å². The van der Waals surface area contributed by atoms with E-state index in [-0.39, 0.29) is 0 Å². The van der Waals surface area contributed by atoms with Gasteiger partial charge in [-0.05, 0) is 52.0 Å². The molecule has 0 spiro atoms. The van der Waals surface area contributed by atoms with Gasteiger partial charge in [-0.15, -0.1) is 0 Å². The smallest absolute Gasteiger partial charge is 0.0890 e. The molecule has 1 heterocycles. The van der Waals surface area contributed by atoms with Crippen LogP contribution in [0.15, 0.2) is 91.3 Å². The van der Waals surface area contributed by atoms with Crippen LogP contribution in [0.5, 0.6) is 0 Å². The molecule has 0 atom stereocenters. The van der Waals surface area contributed by atoms with Gasteiger partial charge in [0, 0.05) is 0 Å². The van der Waals surface area contributed by atoms with E-state index in [4.69, 9.17) is 20.0 Å². The molecular formula is C20H20N4. The van der Waals surface area contributed by atoms with E-state index in [0.29, 0.717) is 0 Å². The molecule has 120 valence electrons. The number of hydrogen-bond acceptors (Lipinski definition) is 4. The van der Waals surface area contributed by atoms with Gasteiger partial charge in [-0.1, -0.05) is 24.3 Å². The third-order valence-corrected chi connectivity index (χ3v) is 3.96. The minimum atomic E-state index is 0.838. The molecule has 4 heteroatoms. The van der Waals surface area contributed by atoms with Crippen molar-refractivity contribution in [2.24, 2.45) is 20.0 Å². The quantitative estimate of drug-likeness (QED) is 0.716. The van der Waals surface area contributed by atoms with Gasteiger partial charge in [-0.25, -0.2) is 20.0 Å². The normalized spacial score (nSPS) is 14.8. The highest BCUT2D eigenvalue weighted by atomic mass is 14.9. The molecule has 2 aromatic rings. The average molecular weight is 316 g/mol. The molecule has 0 amide bonds. The van der Waals surface area contributed by atoms with E-state index in [9.17, 15) is 0 Å². The summed E-state index contributed by atoms with van der Waals surface area (Å²) in [4.78, 5) is 18.9. The van der Waals surface area contributed by atoms with E-state index in [0.717, 1.165) is 44.2 Å². The number of fused-ring (bicyclic) bond motifs is 2. The molecule has 0 fully saturated rings. The second-order valence-corrected chi connectivity index (χ2v) is 5.77. The van der Waals surface area contributed by atoms with E-state index < -0.39 is 0 Å². The van der Waals surface area contributed by atoms with E-state index in [1.165, 1.54) is 0 Å². The number of hydrogen-bond donors (Lipinski definition) is 0. The Kier molecular flexibility index (Phi) is 4.47. The number of nitrogens with zero attached hydrogens (tertiary/aromatic N) is 4. The summed E-state index contributed by atoms with van der Waals surface area (Å²) >= 11 is 0. The van der Waals surface area contributed by atoms with Gasteiger partial charge in [0.25, 0.3) is 0 Å². The fraction of sp³-hybridized carbons (Fsp3) is 0.200. The van der Waals surface area contributed by atoms with Crippen molar-refractivity contribution in [3.05, 3.63) is 92.7 Å². The Labute approximate surface area is 141 Å². The number of rotatable bonds is 0. The lowest BCUT2D eigenvalue weighted by Gasteiger charge is -2.02. The molecule has 24 heavy (non-hydrogen) atoms. The van der Waals surface area contributed by atoms with E-state index in [2.05, 4.69) is 0 Å². The largest absolute Gasteiger partial charge is 0.250 e. The van der Waals surface area contributed by atoms with Crippen molar-refractivity contribution in [2.45, 2.75) is 27.7 Å². The Morgan fingerprint density at radius 2 is 0.625 bits per heavy atom. The predicted octanol–water partition coefficient (Wildman–Crippen LogP) is 2.38. The molecule has 0 saturated carbocycles. The second kappa shape index (κ2) is 6.71. The molecule has 0 N–H and O–H groups in total. The maximum absolute atomic E-state index is 4.73. The maximum atomic E-state index is 4.73. The van der Waals surface area contributed by atoms with E-state index in [1.807, 2.05) is 76.2 Å². The molecule has 1 aliphatic rings. The first-order chi connectivity index (χ1) is 11.5. The summed E-state index contributed by atoms with van der Waals surface area (Å²) in [5, 5.41) is 3.35. The summed E-state index contributed by atoms with van der Waals surface area (Å²) in [6.45, 7) is 7.87. The molecule has 0 unspecified atom stereocenters. The Morgan fingerprint density at radius 1 is 0.417 bits per heavy atom. The van der Waals surface area contributed by atoms with Crippen molar-refractivity contribution in [3.8, 4) is 0 Å². The van der Waals surface area contributed by atoms with Crippen LogP contribution in [-0.2, 0) is 0 Å². The summed E-state index contributed by atoms with van der Waals surface area (Å²) < 4.78 is 0. The summed E-state index contributed by atoms with van der Waals surface area (Å²) in [5.74, 6) is 0. The lowest BCUT2D eigenvalue weighted by molar-refractivity contribution is 1.01. The van der Waals surface area contributed by atoms with Crippen LogP contribution in [-0.4, -0.2) is 0 Å². The highest BCUT2D eigenvalue weighted by Gasteiger charge is 1.99. The third-order valence-electron chi connectivity index (χ3n) is 3.96. The first-order valence-corrected chi connectivity index (χ1v) is 7.94. The first-order valence-electron chi connectivity index (χ1n) is 7.94. The lowest BCUT2D eigenvalue weighted by Crippen LogP contribution is -2.26. The number of benzene rings is 2. The minimum Gasteiger partial charge on any atom is -0.250 e. The SMILES string of the molecule is CC1=C(C)N=c2ccccc2=NC(C)=C(C)N=c2ccccc2=N1. The first kappa shape index (κ1) is 16.0. The van der Waals surface area contributed by atoms with Gasteiger partial charge in [0.05, 0.1) is 44.2 Å². The molecule has 1 aliphatic heterocycles. The molecule has 0 bridgehead atoms. The maximum Gasteiger partial charge on any atom is 0.0890 e. The molecular weight excluding hydrogens is 296 g/mol. The summed E-state index contributed by atoms with van der Waals surface area (Å²) in [7, 11) is 0. The monoisotopic (exact) mass is 316 g/mol. The number of para-hydroxylation sites is 4. The molecule has 0 aromatic heterocycles. The zero-order chi connectivity index (χ0) is 17.1. The fourth-order valence-corrected chi connectivity index (χ4v) is 2.35. The summed E-state index contributed by atoms with van der Waals surface area (Å²) in [6, 6.07) is 15.7. The van der Waals surface area contributed by atoms with Crippen molar-refractivity contribution in [1.82, 2.24) is 0 Å². The van der Waals surface area contributed by atoms with Crippen LogP contribution < -0.4 is 21.4 Å². The fourth-order valence-electron chi connectivity index (χ4n) is 2.35. The Morgan fingerprint density at radius 3 is 0.833 bits per heavy atom. The molecule has 0 saturated heterocycles. The summed E-state index contributed by atoms with van der Waals surface area (Å²) in [6.07, 6.45) is 0. The molecule has 3 rings (SSSR count). The molecule has 2 aromatic carbocycles. The predicted molar refractivity (Wildman–Crippen MR) is 94.3 cm³/mol. The van der Waals surface area contributed by atoms with Gasteiger partial charge in [-0.3, -0.25) is 0 Å². The third kappa shape index (κ3) is 3.38. The van der Waals surface area contributed by atoms with Crippen molar-refractivity contribution >= 4 is 0 Å². The zero-order valence-electron chi connectivity index (χ0n) is 14.4. The number of allylic oxidation sites excluding steroid dienone is 4. The van der Waals surface area contributed by atoms with Crippen LogP contribution in [0, 0.1) is 0 Å².